The quantitative estimate of drug-likeness (QED) is 0.609. The number of halogens is 1. The predicted molar refractivity (Wildman–Crippen MR) is 114 cm³/mol. The molecule has 8 heteroatoms. The summed E-state index contributed by atoms with van der Waals surface area (Å²) in [6, 6.07) is 7.00. The van der Waals surface area contributed by atoms with Gasteiger partial charge in [-0.15, -0.1) is 0 Å². The van der Waals surface area contributed by atoms with Gasteiger partial charge in [0.25, 0.3) is 10.2 Å². The minimum atomic E-state index is -3.49. The van der Waals surface area contributed by atoms with Gasteiger partial charge in [0.15, 0.2) is 0 Å². The lowest BCUT2D eigenvalue weighted by atomic mass is 10.0. The molecule has 0 saturated carbocycles. The lowest BCUT2D eigenvalue weighted by molar-refractivity contribution is 0.506. The Hall–Kier alpha value is -2.29. The summed E-state index contributed by atoms with van der Waals surface area (Å²) in [6.07, 6.45) is 5.77. The lowest BCUT2D eigenvalue weighted by Gasteiger charge is -2.12. The first-order valence-corrected chi connectivity index (χ1v) is 11.0. The fourth-order valence-corrected chi connectivity index (χ4v) is 3.94. The normalized spacial score (nSPS) is 12.4. The Labute approximate surface area is 171 Å². The van der Waals surface area contributed by atoms with E-state index in [9.17, 15) is 12.8 Å². The molecule has 0 atom stereocenters. The average Bonchev–Trinajstić information content (AvgIpc) is 2.97. The van der Waals surface area contributed by atoms with Crippen molar-refractivity contribution in [1.82, 2.24) is 18.6 Å². The van der Waals surface area contributed by atoms with Crippen LogP contribution in [0, 0.1) is 11.7 Å². The van der Waals surface area contributed by atoms with Crippen LogP contribution in [0.3, 0.4) is 0 Å². The SMILES string of the molecule is CC(C)Cn1cc(CCNS(=O)(=O)N(C)C)c2cc(F)c(-c3ccncc3)cc21. The third kappa shape index (κ3) is 4.83. The molecule has 1 aromatic carbocycles. The van der Waals surface area contributed by atoms with Gasteiger partial charge in [0.2, 0.25) is 0 Å². The summed E-state index contributed by atoms with van der Waals surface area (Å²) in [7, 11) is -0.530. The molecule has 0 bridgehead atoms. The van der Waals surface area contributed by atoms with Crippen LogP contribution in [0.5, 0.6) is 0 Å². The second kappa shape index (κ2) is 8.61. The third-order valence-corrected chi connectivity index (χ3v) is 6.30. The van der Waals surface area contributed by atoms with Crippen molar-refractivity contribution in [2.45, 2.75) is 26.8 Å². The molecule has 3 rings (SSSR count). The topological polar surface area (TPSA) is 67.2 Å². The second-order valence-corrected chi connectivity index (χ2v) is 9.69. The van der Waals surface area contributed by atoms with Crippen LogP contribution < -0.4 is 4.72 Å². The van der Waals surface area contributed by atoms with E-state index in [0.29, 0.717) is 17.9 Å². The van der Waals surface area contributed by atoms with E-state index in [4.69, 9.17) is 0 Å². The third-order valence-electron chi connectivity index (χ3n) is 4.77. The van der Waals surface area contributed by atoms with Gasteiger partial charge in [0.05, 0.1) is 0 Å². The molecule has 29 heavy (non-hydrogen) atoms. The van der Waals surface area contributed by atoms with Crippen molar-refractivity contribution in [3.63, 3.8) is 0 Å². The standard InChI is InChI=1S/C21H27FN4O2S/c1-15(2)13-26-14-17(7-10-24-29(27,28)25(3)4)19-11-20(22)18(12-21(19)26)16-5-8-23-9-6-16/h5-6,8-9,11-12,14-15,24H,7,10,13H2,1-4H3. The van der Waals surface area contributed by atoms with Crippen molar-refractivity contribution in [1.29, 1.82) is 0 Å². The maximum absolute atomic E-state index is 14.9. The first-order chi connectivity index (χ1) is 13.7. The molecule has 1 N–H and O–H groups in total. The van der Waals surface area contributed by atoms with E-state index in [1.165, 1.54) is 14.1 Å². The minimum Gasteiger partial charge on any atom is -0.347 e. The molecular weight excluding hydrogens is 391 g/mol. The van der Waals surface area contributed by atoms with Gasteiger partial charge < -0.3 is 4.57 Å². The van der Waals surface area contributed by atoms with Crippen LogP contribution in [0.25, 0.3) is 22.0 Å². The average molecular weight is 419 g/mol. The van der Waals surface area contributed by atoms with Gasteiger partial charge in [0, 0.05) is 62.2 Å². The fourth-order valence-electron chi connectivity index (χ4n) is 3.32. The first-order valence-electron chi connectivity index (χ1n) is 9.58. The van der Waals surface area contributed by atoms with E-state index in [1.54, 1.807) is 30.6 Å². The Kier molecular flexibility index (Phi) is 6.36. The van der Waals surface area contributed by atoms with Crippen molar-refractivity contribution in [3.05, 3.63) is 54.2 Å². The Bertz CT molecular complexity index is 1090. The highest BCUT2D eigenvalue weighted by Crippen LogP contribution is 2.31. The number of pyridine rings is 1. The fraction of sp³-hybridized carbons (Fsp3) is 0.381. The van der Waals surface area contributed by atoms with Crippen LogP contribution >= 0.6 is 0 Å². The van der Waals surface area contributed by atoms with Gasteiger partial charge >= 0.3 is 0 Å². The monoisotopic (exact) mass is 418 g/mol. The van der Waals surface area contributed by atoms with E-state index in [0.717, 1.165) is 32.9 Å². The first kappa shape index (κ1) is 21.4. The van der Waals surface area contributed by atoms with Crippen molar-refractivity contribution in [3.8, 4) is 11.1 Å². The van der Waals surface area contributed by atoms with Crippen molar-refractivity contribution in [2.24, 2.45) is 5.92 Å². The van der Waals surface area contributed by atoms with Crippen LogP contribution in [0.15, 0.2) is 42.9 Å². The van der Waals surface area contributed by atoms with Crippen molar-refractivity contribution in [2.75, 3.05) is 20.6 Å². The summed E-state index contributed by atoms with van der Waals surface area (Å²) < 4.78 is 44.6. The number of nitrogens with zero attached hydrogens (tertiary/aromatic N) is 3. The van der Waals surface area contributed by atoms with Gasteiger partial charge in [0.1, 0.15) is 5.82 Å². The van der Waals surface area contributed by atoms with Crippen LogP contribution in [0.4, 0.5) is 4.39 Å². The minimum absolute atomic E-state index is 0.245. The van der Waals surface area contributed by atoms with Gasteiger partial charge in [-0.2, -0.15) is 12.7 Å². The van der Waals surface area contributed by atoms with Gasteiger partial charge in [-0.25, -0.2) is 9.11 Å². The second-order valence-electron chi connectivity index (χ2n) is 7.72. The molecule has 0 saturated heterocycles. The number of hydrogen-bond donors (Lipinski definition) is 1. The Balaban J connectivity index is 1.99. The van der Waals surface area contributed by atoms with Gasteiger partial charge in [-0.3, -0.25) is 4.98 Å². The molecule has 0 radical (unpaired) electrons. The van der Waals surface area contributed by atoms with E-state index in [1.807, 2.05) is 12.3 Å². The number of benzene rings is 1. The molecule has 2 heterocycles. The number of rotatable bonds is 8. The molecule has 6 nitrogen and oxygen atoms in total. The van der Waals surface area contributed by atoms with Crippen LogP contribution in [-0.2, 0) is 23.2 Å². The van der Waals surface area contributed by atoms with E-state index >= 15 is 0 Å². The Morgan fingerprint density at radius 1 is 1.21 bits per heavy atom. The molecule has 0 spiro atoms. The predicted octanol–water partition coefficient (Wildman–Crippen LogP) is 3.44. The zero-order chi connectivity index (χ0) is 21.2. The summed E-state index contributed by atoms with van der Waals surface area (Å²) >= 11 is 0. The Morgan fingerprint density at radius 2 is 1.90 bits per heavy atom. The Morgan fingerprint density at radius 3 is 2.52 bits per heavy atom. The van der Waals surface area contributed by atoms with Crippen LogP contribution in [0.1, 0.15) is 19.4 Å². The molecule has 3 aromatic rings. The zero-order valence-corrected chi connectivity index (χ0v) is 18.0. The molecule has 2 aromatic heterocycles. The molecule has 0 aliphatic rings. The van der Waals surface area contributed by atoms with Gasteiger partial charge in [-0.05, 0) is 47.7 Å². The summed E-state index contributed by atoms with van der Waals surface area (Å²) in [4.78, 5) is 4.00. The molecule has 0 amide bonds. The summed E-state index contributed by atoms with van der Waals surface area (Å²) in [5, 5.41) is 0.810. The van der Waals surface area contributed by atoms with E-state index in [-0.39, 0.29) is 12.4 Å². The number of aromatic nitrogens is 2. The highest BCUT2D eigenvalue weighted by atomic mass is 32.2. The van der Waals surface area contributed by atoms with E-state index in [2.05, 4.69) is 28.1 Å². The number of nitrogens with one attached hydrogen (secondary N) is 1. The van der Waals surface area contributed by atoms with Gasteiger partial charge in [-0.1, -0.05) is 13.8 Å². The summed E-state index contributed by atoms with van der Waals surface area (Å²) in [6.45, 7) is 5.30. The molecule has 0 aliphatic carbocycles. The lowest BCUT2D eigenvalue weighted by Crippen LogP contribution is -2.36. The van der Waals surface area contributed by atoms with Crippen molar-refractivity contribution >= 4 is 21.1 Å². The molecule has 156 valence electrons. The summed E-state index contributed by atoms with van der Waals surface area (Å²) in [5.74, 6) is 0.112. The molecular formula is C21H27FN4O2S. The smallest absolute Gasteiger partial charge is 0.278 e. The van der Waals surface area contributed by atoms with Crippen LogP contribution in [0.2, 0.25) is 0 Å². The zero-order valence-electron chi connectivity index (χ0n) is 17.2. The summed E-state index contributed by atoms with van der Waals surface area (Å²) in [5.41, 5.74) is 3.17. The molecule has 0 unspecified atom stereocenters. The largest absolute Gasteiger partial charge is 0.347 e. The van der Waals surface area contributed by atoms with Crippen molar-refractivity contribution < 1.29 is 12.8 Å². The number of hydrogen-bond acceptors (Lipinski definition) is 3. The maximum atomic E-state index is 14.9. The highest BCUT2D eigenvalue weighted by Gasteiger charge is 2.16. The van der Waals surface area contributed by atoms with E-state index < -0.39 is 10.2 Å². The molecule has 0 aliphatic heterocycles. The maximum Gasteiger partial charge on any atom is 0.278 e. The number of fused-ring (bicyclic) bond motifs is 1. The van der Waals surface area contributed by atoms with Crippen LogP contribution in [-0.4, -0.2) is 42.9 Å². The highest BCUT2D eigenvalue weighted by molar-refractivity contribution is 7.87. The molecule has 0 fully saturated rings.